The second-order valence-electron chi connectivity index (χ2n) is 14.8. The van der Waals surface area contributed by atoms with Gasteiger partial charge < -0.3 is 42.6 Å². The Morgan fingerprint density at radius 3 is 1.43 bits per heavy atom. The van der Waals surface area contributed by atoms with Crippen molar-refractivity contribution in [3.8, 4) is 11.5 Å². The fourth-order valence-electron chi connectivity index (χ4n) is 6.65. The summed E-state index contributed by atoms with van der Waals surface area (Å²) in [6, 6.07) is 25.6. The van der Waals surface area contributed by atoms with E-state index < -0.39 is 17.2 Å². The van der Waals surface area contributed by atoms with Crippen LogP contribution in [0.15, 0.2) is 115 Å². The van der Waals surface area contributed by atoms with Crippen LogP contribution in [0.3, 0.4) is 0 Å². The zero-order chi connectivity index (χ0) is 42.1. The molecule has 0 amide bonds. The van der Waals surface area contributed by atoms with Crippen molar-refractivity contribution in [2.24, 2.45) is 0 Å². The molecule has 2 aliphatic carbocycles. The smallest absolute Gasteiger partial charge is 0.337 e. The maximum atomic E-state index is 12.7. The molecule has 0 bridgehead atoms. The highest BCUT2D eigenvalue weighted by atomic mass is 16.6. The van der Waals surface area contributed by atoms with Crippen LogP contribution >= 0.6 is 0 Å². The van der Waals surface area contributed by atoms with Crippen molar-refractivity contribution in [2.45, 2.75) is 63.6 Å². The van der Waals surface area contributed by atoms with Crippen LogP contribution in [0.5, 0.6) is 11.5 Å². The van der Waals surface area contributed by atoms with Crippen molar-refractivity contribution in [1.82, 2.24) is 0 Å². The molecule has 2 unspecified atom stereocenters. The minimum Gasteiger partial charge on any atom is -0.486 e. The number of benzene rings is 3. The molecule has 5 rings (SSSR count). The molecule has 2 atom stereocenters. The molecule has 0 N–H and O–H groups in total. The monoisotopic (exact) mass is 824 g/mol. The summed E-state index contributed by atoms with van der Waals surface area (Å²) in [4.78, 5) is 12.7. The molecule has 10 heteroatoms. The van der Waals surface area contributed by atoms with Gasteiger partial charge in [-0.2, -0.15) is 0 Å². The van der Waals surface area contributed by atoms with E-state index >= 15 is 0 Å². The Morgan fingerprint density at radius 2 is 1.00 bits per heavy atom. The Balaban J connectivity index is 1.29. The molecule has 2 aliphatic rings. The minimum atomic E-state index is -0.812. The quantitative estimate of drug-likeness (QED) is 0.0497. The van der Waals surface area contributed by atoms with Gasteiger partial charge in [-0.3, -0.25) is 0 Å². The summed E-state index contributed by atoms with van der Waals surface area (Å²) in [5.74, 6) is 0.360. The predicted molar refractivity (Wildman–Crippen MR) is 236 cm³/mol. The lowest BCUT2D eigenvalue weighted by molar-refractivity contribution is -0.0674. The van der Waals surface area contributed by atoms with E-state index in [9.17, 15) is 4.79 Å². The van der Waals surface area contributed by atoms with Crippen LogP contribution in [-0.4, -0.2) is 104 Å². The molecule has 3 aromatic rings. The molecule has 10 nitrogen and oxygen atoms in total. The number of hydrogen-bond donors (Lipinski definition) is 0. The second-order valence-corrected chi connectivity index (χ2v) is 14.8. The summed E-state index contributed by atoms with van der Waals surface area (Å²) in [6.07, 6.45) is 18.0. The fourth-order valence-corrected chi connectivity index (χ4v) is 6.65. The molecule has 324 valence electrons. The van der Waals surface area contributed by atoms with E-state index in [1.54, 1.807) is 18.2 Å². The largest absolute Gasteiger partial charge is 0.486 e. The summed E-state index contributed by atoms with van der Waals surface area (Å²) in [5.41, 5.74) is 3.21. The van der Waals surface area contributed by atoms with Crippen LogP contribution in [0.2, 0.25) is 0 Å². The van der Waals surface area contributed by atoms with Gasteiger partial charge in [0.05, 0.1) is 65.5 Å². The molecular formula is C50H64O10. The number of ether oxygens (including phenoxy) is 9. The minimum absolute atomic E-state index is 0.146. The number of carbonyl (C=O) groups is 1. The number of methoxy groups -OCH3 is 1. The molecule has 0 radical (unpaired) electrons. The molecule has 0 heterocycles. The standard InChI is InChI=1S/C50H64O10/c1-4-6-28-53-30-32-55-34-36-59-49(24-20-43(21-25-49)41-14-10-8-11-15-41)39-57-46-19-18-45(48(51)52-3)38-47(46)58-40-50(60-37-35-56-33-31-54-29-7-5-2)26-22-44(23-27-50)42-16-12-9-13-17-42/h8-24,26,38H,4-7,25,27-37,39-40H2,1-3H3. The molecule has 0 saturated carbocycles. The number of unbranched alkanes of at least 4 members (excludes halogenated alkanes) is 2. The normalized spacial score (nSPS) is 18.5. The highest BCUT2D eigenvalue weighted by Crippen LogP contribution is 2.36. The highest BCUT2D eigenvalue weighted by Gasteiger charge is 2.33. The van der Waals surface area contributed by atoms with Crippen molar-refractivity contribution in [3.05, 3.63) is 132 Å². The number of allylic oxidation sites excluding steroid dienone is 4. The van der Waals surface area contributed by atoms with Gasteiger partial charge in [0, 0.05) is 26.1 Å². The number of rotatable bonds is 29. The molecule has 60 heavy (non-hydrogen) atoms. The zero-order valence-corrected chi connectivity index (χ0v) is 35.8. The first-order valence-electron chi connectivity index (χ1n) is 21.5. The lowest BCUT2D eigenvalue weighted by atomic mass is 9.89. The lowest BCUT2D eigenvalue weighted by Gasteiger charge is -2.34. The summed E-state index contributed by atoms with van der Waals surface area (Å²) < 4.78 is 54.3. The Labute approximate surface area is 357 Å². The number of hydrogen-bond acceptors (Lipinski definition) is 10. The molecule has 0 saturated heterocycles. The van der Waals surface area contributed by atoms with Crippen molar-refractivity contribution in [2.75, 3.05) is 86.4 Å². The molecule has 3 aromatic carbocycles. The summed E-state index contributed by atoms with van der Waals surface area (Å²) >= 11 is 0. The average molecular weight is 825 g/mol. The van der Waals surface area contributed by atoms with Crippen LogP contribution < -0.4 is 9.47 Å². The van der Waals surface area contributed by atoms with E-state index in [0.717, 1.165) is 61.2 Å². The molecule has 0 aromatic heterocycles. The first-order valence-corrected chi connectivity index (χ1v) is 21.5. The molecule has 0 spiro atoms. The summed E-state index contributed by atoms with van der Waals surface area (Å²) in [5, 5.41) is 0. The van der Waals surface area contributed by atoms with Gasteiger partial charge in [0.15, 0.2) is 11.5 Å². The van der Waals surface area contributed by atoms with E-state index in [-0.39, 0.29) is 13.2 Å². The highest BCUT2D eigenvalue weighted by molar-refractivity contribution is 5.90. The van der Waals surface area contributed by atoms with E-state index in [4.69, 9.17) is 42.6 Å². The van der Waals surface area contributed by atoms with Crippen molar-refractivity contribution in [3.63, 3.8) is 0 Å². The Bertz CT molecular complexity index is 1820. The van der Waals surface area contributed by atoms with E-state index in [1.807, 2.05) is 36.4 Å². The third-order valence-electron chi connectivity index (χ3n) is 10.3. The fraction of sp³-hybridized carbons (Fsp3) is 0.460. The first kappa shape index (κ1) is 46.5. The van der Waals surface area contributed by atoms with E-state index in [0.29, 0.717) is 82.8 Å². The van der Waals surface area contributed by atoms with Gasteiger partial charge in [0.2, 0.25) is 0 Å². The number of carbonyl (C=O) groups excluding carboxylic acids is 1. The summed E-state index contributed by atoms with van der Waals surface area (Å²) in [6.45, 7) is 9.72. The Morgan fingerprint density at radius 1 is 0.550 bits per heavy atom. The number of esters is 1. The lowest BCUT2D eigenvalue weighted by Crippen LogP contribution is -2.40. The van der Waals surface area contributed by atoms with Gasteiger partial charge in [0.25, 0.3) is 0 Å². The van der Waals surface area contributed by atoms with Gasteiger partial charge in [-0.15, -0.1) is 0 Å². The van der Waals surface area contributed by atoms with Gasteiger partial charge in [0.1, 0.15) is 24.4 Å². The maximum absolute atomic E-state index is 12.7. The van der Waals surface area contributed by atoms with Gasteiger partial charge >= 0.3 is 5.97 Å². The second kappa shape index (κ2) is 25.9. The third-order valence-corrected chi connectivity index (χ3v) is 10.3. The van der Waals surface area contributed by atoms with Crippen LogP contribution in [0.1, 0.15) is 73.9 Å². The average Bonchev–Trinajstić information content (AvgIpc) is 3.30. The van der Waals surface area contributed by atoms with Crippen LogP contribution in [-0.2, 0) is 33.2 Å². The Hall–Kier alpha value is -4.55. The Kier molecular flexibility index (Phi) is 20.1. The topological polar surface area (TPSA) is 100 Å². The third kappa shape index (κ3) is 15.2. The van der Waals surface area contributed by atoms with E-state index in [1.165, 1.54) is 7.11 Å². The molecule has 0 fully saturated rings. The molecule has 0 aliphatic heterocycles. The van der Waals surface area contributed by atoms with Gasteiger partial charge in [-0.1, -0.05) is 112 Å². The van der Waals surface area contributed by atoms with Crippen LogP contribution in [0, 0.1) is 0 Å². The summed E-state index contributed by atoms with van der Waals surface area (Å²) in [7, 11) is 1.36. The SMILES string of the molecule is CCCCOCCOCCOC1(COc2ccc(C(=O)OC)cc2OCC2(OCCOCCOCCCC)C=CC(c3ccccc3)=CC2)C=CC(c2ccccc2)=CC1. The van der Waals surface area contributed by atoms with Gasteiger partial charge in [-0.25, -0.2) is 4.79 Å². The van der Waals surface area contributed by atoms with Crippen LogP contribution in [0.4, 0.5) is 0 Å². The van der Waals surface area contributed by atoms with Gasteiger partial charge in [-0.05, 0) is 65.5 Å². The first-order chi connectivity index (χ1) is 29.5. The zero-order valence-electron chi connectivity index (χ0n) is 35.8. The van der Waals surface area contributed by atoms with Crippen molar-refractivity contribution < 1.29 is 47.4 Å². The maximum Gasteiger partial charge on any atom is 0.337 e. The predicted octanol–water partition coefficient (Wildman–Crippen LogP) is 9.50. The van der Waals surface area contributed by atoms with Crippen molar-refractivity contribution in [1.29, 1.82) is 0 Å². The van der Waals surface area contributed by atoms with E-state index in [2.05, 4.69) is 74.6 Å². The van der Waals surface area contributed by atoms with Crippen molar-refractivity contribution >= 4 is 17.1 Å². The molecular weight excluding hydrogens is 761 g/mol. The van der Waals surface area contributed by atoms with Crippen LogP contribution in [0.25, 0.3) is 11.1 Å².